The van der Waals surface area contributed by atoms with Crippen LogP contribution in [0, 0.1) is 6.92 Å². The predicted molar refractivity (Wildman–Crippen MR) is 142 cm³/mol. The van der Waals surface area contributed by atoms with Crippen LogP contribution in [0.4, 0.5) is 10.9 Å². The number of nitrogens with zero attached hydrogens (tertiary/aromatic N) is 4. The zero-order valence-electron chi connectivity index (χ0n) is 19.9. The maximum Gasteiger partial charge on any atom is 0.355 e. The van der Waals surface area contributed by atoms with Crippen molar-refractivity contribution in [1.29, 1.82) is 0 Å². The molecule has 3 N–H and O–H groups in total. The molecule has 0 fully saturated rings. The minimum absolute atomic E-state index is 0.0327. The van der Waals surface area contributed by atoms with Crippen LogP contribution in [0.1, 0.15) is 37.7 Å². The van der Waals surface area contributed by atoms with Crippen LogP contribution in [0.15, 0.2) is 60.8 Å². The highest BCUT2D eigenvalue weighted by atomic mass is 32.1. The number of amides is 1. The van der Waals surface area contributed by atoms with E-state index < -0.39 is 5.97 Å². The summed E-state index contributed by atoms with van der Waals surface area (Å²) in [7, 11) is 0. The molecule has 0 aliphatic carbocycles. The molecule has 6 rings (SSSR count). The van der Waals surface area contributed by atoms with E-state index in [4.69, 9.17) is 0 Å². The normalized spacial score (nSPS) is 12.9. The maximum absolute atomic E-state index is 13.3. The molecule has 9 nitrogen and oxygen atoms in total. The van der Waals surface area contributed by atoms with Crippen LogP contribution in [0.2, 0.25) is 0 Å². The van der Waals surface area contributed by atoms with Gasteiger partial charge in [0.1, 0.15) is 5.82 Å². The van der Waals surface area contributed by atoms with Crippen LogP contribution >= 0.6 is 11.3 Å². The second kappa shape index (κ2) is 9.14. The molecule has 2 aromatic carbocycles. The molecule has 1 aliphatic rings. The number of rotatable bonds is 5. The quantitative estimate of drug-likeness (QED) is 0.307. The topological polar surface area (TPSA) is 124 Å². The minimum atomic E-state index is -1.11. The Bertz CT molecular complexity index is 1640. The van der Waals surface area contributed by atoms with Gasteiger partial charge < -0.3 is 10.0 Å². The van der Waals surface area contributed by atoms with E-state index in [2.05, 4.69) is 25.5 Å². The van der Waals surface area contributed by atoms with Crippen LogP contribution in [0.5, 0.6) is 0 Å². The largest absolute Gasteiger partial charge is 0.476 e. The first-order valence-corrected chi connectivity index (χ1v) is 12.6. The first-order chi connectivity index (χ1) is 18.0. The Balaban J connectivity index is 1.30. The predicted octanol–water partition coefficient (Wildman–Crippen LogP) is 4.90. The van der Waals surface area contributed by atoms with Crippen molar-refractivity contribution < 1.29 is 14.7 Å². The van der Waals surface area contributed by atoms with Gasteiger partial charge in [0, 0.05) is 35.5 Å². The number of para-hydroxylation sites is 1. The number of hydrogen-bond acceptors (Lipinski definition) is 7. The highest BCUT2D eigenvalue weighted by Gasteiger charge is 2.25. The summed E-state index contributed by atoms with van der Waals surface area (Å²) in [6.07, 6.45) is 2.32. The molecule has 0 atom stereocenters. The standard InChI is InChI=1S/C27H22N6O3S/c1-15-19(13-28-32-15)17-9-10-23(30-24(17)26(35)36)33-12-11-16-5-4-6-18(20(16)14-33)25(34)31-27-29-21-7-2-3-8-22(21)37-27/h2-10,13H,11-12,14H2,1H3,(H,28,32)(H,35,36)(H,29,31,34). The molecule has 0 saturated heterocycles. The SMILES string of the molecule is Cc1[nH]ncc1-c1ccc(N2CCc3cccc(C(=O)Nc4nc5ccccc5s4)c3C2)nc1C(=O)O. The van der Waals surface area contributed by atoms with Gasteiger partial charge in [-0.05, 0) is 54.8 Å². The highest BCUT2D eigenvalue weighted by molar-refractivity contribution is 7.22. The highest BCUT2D eigenvalue weighted by Crippen LogP contribution is 2.31. The summed E-state index contributed by atoms with van der Waals surface area (Å²) in [6, 6.07) is 17.1. The number of carbonyl (C=O) groups is 2. The van der Waals surface area contributed by atoms with E-state index >= 15 is 0 Å². The van der Waals surface area contributed by atoms with E-state index in [1.165, 1.54) is 11.3 Å². The van der Waals surface area contributed by atoms with Crippen LogP contribution < -0.4 is 10.2 Å². The van der Waals surface area contributed by atoms with Crippen LogP contribution in [0.25, 0.3) is 21.3 Å². The zero-order valence-corrected chi connectivity index (χ0v) is 20.7. The van der Waals surface area contributed by atoms with Gasteiger partial charge in [0.15, 0.2) is 10.8 Å². The lowest BCUT2D eigenvalue weighted by atomic mass is 9.94. The third kappa shape index (κ3) is 4.21. The van der Waals surface area contributed by atoms with E-state index in [1.807, 2.05) is 60.4 Å². The molecule has 4 heterocycles. The van der Waals surface area contributed by atoms with Gasteiger partial charge in [-0.1, -0.05) is 35.6 Å². The van der Waals surface area contributed by atoms with Crippen molar-refractivity contribution in [3.63, 3.8) is 0 Å². The number of aromatic nitrogens is 4. The summed E-state index contributed by atoms with van der Waals surface area (Å²) >= 11 is 1.43. The Hall–Kier alpha value is -4.57. The van der Waals surface area contributed by atoms with Gasteiger partial charge in [0.2, 0.25) is 0 Å². The number of hydrogen-bond donors (Lipinski definition) is 3. The van der Waals surface area contributed by atoms with Crippen molar-refractivity contribution in [2.75, 3.05) is 16.8 Å². The van der Waals surface area contributed by atoms with Crippen LogP contribution in [0.3, 0.4) is 0 Å². The number of fused-ring (bicyclic) bond motifs is 2. The number of benzene rings is 2. The van der Waals surface area contributed by atoms with Gasteiger partial charge >= 0.3 is 5.97 Å². The summed E-state index contributed by atoms with van der Waals surface area (Å²) in [6.45, 7) is 2.94. The molecule has 10 heteroatoms. The van der Waals surface area contributed by atoms with Gasteiger partial charge in [-0.3, -0.25) is 15.2 Å². The smallest absolute Gasteiger partial charge is 0.355 e. The van der Waals surface area contributed by atoms with E-state index in [1.54, 1.807) is 12.3 Å². The van der Waals surface area contributed by atoms with Crippen molar-refractivity contribution in [2.24, 2.45) is 0 Å². The van der Waals surface area contributed by atoms with E-state index in [0.29, 0.717) is 47.2 Å². The molecule has 0 unspecified atom stereocenters. The third-order valence-corrected chi connectivity index (χ3v) is 7.51. The monoisotopic (exact) mass is 510 g/mol. The number of aromatic amines is 1. The lowest BCUT2D eigenvalue weighted by molar-refractivity contribution is 0.0691. The fourth-order valence-corrected chi connectivity index (χ4v) is 5.57. The molecule has 1 amide bonds. The van der Waals surface area contributed by atoms with Crippen molar-refractivity contribution in [3.05, 3.63) is 88.9 Å². The molecule has 0 bridgehead atoms. The number of H-pyrrole nitrogens is 1. The summed E-state index contributed by atoms with van der Waals surface area (Å²) in [4.78, 5) is 36.4. The molecule has 0 radical (unpaired) electrons. The Kier molecular flexibility index (Phi) is 5.65. The Morgan fingerprint density at radius 1 is 1.05 bits per heavy atom. The third-order valence-electron chi connectivity index (χ3n) is 6.56. The average Bonchev–Trinajstić information content (AvgIpc) is 3.52. The number of anilines is 2. The number of aryl methyl sites for hydroxylation is 1. The lowest BCUT2D eigenvalue weighted by Crippen LogP contribution is -2.33. The summed E-state index contributed by atoms with van der Waals surface area (Å²) in [5, 5.41) is 20.2. The fourth-order valence-electron chi connectivity index (χ4n) is 4.71. The number of carboxylic acids is 1. The second-order valence-electron chi connectivity index (χ2n) is 8.84. The average molecular weight is 511 g/mol. The van der Waals surface area contributed by atoms with E-state index in [9.17, 15) is 14.7 Å². The Morgan fingerprint density at radius 3 is 2.70 bits per heavy atom. The molecular formula is C27H22N6O3S. The van der Waals surface area contributed by atoms with Crippen molar-refractivity contribution in [1.82, 2.24) is 20.2 Å². The molecule has 0 spiro atoms. The number of thiazole rings is 1. The molecular weight excluding hydrogens is 488 g/mol. The Labute approximate surface area is 215 Å². The molecule has 0 saturated carbocycles. The Morgan fingerprint density at radius 2 is 1.92 bits per heavy atom. The molecule has 1 aliphatic heterocycles. The maximum atomic E-state index is 13.3. The van der Waals surface area contributed by atoms with E-state index in [0.717, 1.165) is 27.0 Å². The van der Waals surface area contributed by atoms with Gasteiger partial charge in [-0.2, -0.15) is 5.10 Å². The van der Waals surface area contributed by atoms with Crippen molar-refractivity contribution >= 4 is 44.4 Å². The minimum Gasteiger partial charge on any atom is -0.476 e. The van der Waals surface area contributed by atoms with Gasteiger partial charge in [-0.15, -0.1) is 0 Å². The number of aromatic carboxylic acids is 1. The number of carbonyl (C=O) groups excluding carboxylic acids is 1. The van der Waals surface area contributed by atoms with Crippen molar-refractivity contribution in [3.8, 4) is 11.1 Å². The van der Waals surface area contributed by atoms with Crippen molar-refractivity contribution in [2.45, 2.75) is 19.9 Å². The van der Waals surface area contributed by atoms with Crippen LogP contribution in [-0.4, -0.2) is 43.7 Å². The van der Waals surface area contributed by atoms with E-state index in [-0.39, 0.29) is 11.6 Å². The van der Waals surface area contributed by atoms with Gasteiger partial charge in [0.25, 0.3) is 5.91 Å². The van der Waals surface area contributed by atoms with Gasteiger partial charge in [-0.25, -0.2) is 14.8 Å². The number of nitrogens with one attached hydrogen (secondary N) is 2. The molecule has 3 aromatic heterocycles. The fraction of sp³-hybridized carbons (Fsp3) is 0.148. The molecule has 37 heavy (non-hydrogen) atoms. The second-order valence-corrected chi connectivity index (χ2v) is 9.87. The summed E-state index contributed by atoms with van der Waals surface area (Å²) in [5.74, 6) is -0.775. The number of carboxylic acid groups (broad SMARTS) is 1. The zero-order chi connectivity index (χ0) is 25.5. The van der Waals surface area contributed by atoms with Gasteiger partial charge in [0.05, 0.1) is 16.4 Å². The molecule has 5 aromatic rings. The first kappa shape index (κ1) is 22.9. The molecule has 184 valence electrons. The summed E-state index contributed by atoms with van der Waals surface area (Å²) in [5.41, 5.74) is 5.37. The lowest BCUT2D eigenvalue weighted by Gasteiger charge is -2.31. The summed E-state index contributed by atoms with van der Waals surface area (Å²) < 4.78 is 1.01. The number of pyridine rings is 1. The first-order valence-electron chi connectivity index (χ1n) is 11.8. The van der Waals surface area contributed by atoms with Crippen LogP contribution in [-0.2, 0) is 13.0 Å².